The summed E-state index contributed by atoms with van der Waals surface area (Å²) in [5.41, 5.74) is 2.16. The molecule has 7 nitrogen and oxygen atoms in total. The molecule has 3 rings (SSSR count). The zero-order valence-electron chi connectivity index (χ0n) is 16.3. The monoisotopic (exact) mass is 403 g/mol. The zero-order chi connectivity index (χ0) is 20.1. The van der Waals surface area contributed by atoms with Crippen molar-refractivity contribution < 1.29 is 19.1 Å². The number of thiazole rings is 1. The van der Waals surface area contributed by atoms with Crippen LogP contribution in [-0.4, -0.2) is 46.9 Å². The van der Waals surface area contributed by atoms with E-state index in [0.717, 1.165) is 10.4 Å². The van der Waals surface area contributed by atoms with Gasteiger partial charge in [-0.1, -0.05) is 30.3 Å². The van der Waals surface area contributed by atoms with E-state index in [4.69, 9.17) is 9.47 Å². The molecule has 0 spiro atoms. The van der Waals surface area contributed by atoms with Gasteiger partial charge in [0.05, 0.1) is 10.4 Å². The van der Waals surface area contributed by atoms with Crippen molar-refractivity contribution in [1.29, 1.82) is 0 Å². The number of rotatable bonds is 3. The number of hydrogen-bond donors (Lipinski definition) is 1. The Labute approximate surface area is 168 Å². The van der Waals surface area contributed by atoms with Crippen LogP contribution in [0.4, 0.5) is 15.4 Å². The fraction of sp³-hybridized carbons (Fsp3) is 0.450. The summed E-state index contributed by atoms with van der Waals surface area (Å²) in [5, 5.41) is 2.73. The summed E-state index contributed by atoms with van der Waals surface area (Å²) in [7, 11) is 0. The van der Waals surface area contributed by atoms with Crippen molar-refractivity contribution in [2.45, 2.75) is 45.3 Å². The Morgan fingerprint density at radius 1 is 1.18 bits per heavy atom. The molecule has 2 heterocycles. The lowest BCUT2D eigenvalue weighted by Crippen LogP contribution is -2.44. The molecule has 0 bridgehead atoms. The quantitative estimate of drug-likeness (QED) is 0.799. The van der Waals surface area contributed by atoms with E-state index in [2.05, 4.69) is 10.3 Å². The molecule has 0 unspecified atom stereocenters. The molecule has 1 fully saturated rings. The number of piperidine rings is 1. The van der Waals surface area contributed by atoms with Crippen LogP contribution in [0.1, 0.15) is 33.6 Å². The molecule has 1 aromatic heterocycles. The van der Waals surface area contributed by atoms with E-state index in [1.54, 1.807) is 10.4 Å². The maximum absolute atomic E-state index is 12.3. The molecule has 150 valence electrons. The van der Waals surface area contributed by atoms with Crippen LogP contribution in [-0.2, 0) is 9.47 Å². The molecule has 0 radical (unpaired) electrons. The minimum Gasteiger partial charge on any atom is -0.446 e. The van der Waals surface area contributed by atoms with E-state index in [1.807, 2.05) is 51.1 Å². The lowest BCUT2D eigenvalue weighted by molar-refractivity contribution is 0.00794. The highest BCUT2D eigenvalue weighted by atomic mass is 32.1. The first kappa shape index (κ1) is 20.1. The maximum atomic E-state index is 12.3. The summed E-state index contributed by atoms with van der Waals surface area (Å²) in [6.45, 7) is 6.52. The number of aromatic nitrogens is 1. The molecule has 28 heavy (non-hydrogen) atoms. The van der Waals surface area contributed by atoms with E-state index < -0.39 is 11.7 Å². The van der Waals surface area contributed by atoms with Crippen LogP contribution in [0, 0.1) is 0 Å². The number of nitrogens with one attached hydrogen (secondary N) is 1. The summed E-state index contributed by atoms with van der Waals surface area (Å²) < 4.78 is 10.9. The maximum Gasteiger partial charge on any atom is 0.413 e. The van der Waals surface area contributed by atoms with E-state index in [1.165, 1.54) is 11.3 Å². The highest BCUT2D eigenvalue weighted by molar-refractivity contribution is 7.13. The van der Waals surface area contributed by atoms with Gasteiger partial charge in [0, 0.05) is 25.9 Å². The Kier molecular flexibility index (Phi) is 6.18. The number of amides is 2. The van der Waals surface area contributed by atoms with Gasteiger partial charge in [0.1, 0.15) is 11.7 Å². The standard InChI is InChI=1S/C20H25N3O4S/c1-20(2,3)27-19(25)23-11-9-15(10-12-23)26-18(24)22-17-16(28-13-21-17)14-7-5-4-6-8-14/h4-8,13,15H,9-12H2,1-3H3,(H,22,24). The summed E-state index contributed by atoms with van der Waals surface area (Å²) in [6.07, 6.45) is 0.0616. The Morgan fingerprint density at radius 3 is 2.50 bits per heavy atom. The van der Waals surface area contributed by atoms with Gasteiger partial charge in [0.25, 0.3) is 0 Å². The van der Waals surface area contributed by atoms with Crippen molar-refractivity contribution in [3.63, 3.8) is 0 Å². The van der Waals surface area contributed by atoms with E-state index in [0.29, 0.717) is 31.7 Å². The fourth-order valence-electron chi connectivity index (χ4n) is 2.89. The first-order chi connectivity index (χ1) is 13.3. The number of ether oxygens (including phenoxy) is 2. The fourth-order valence-corrected chi connectivity index (χ4v) is 3.64. The minimum atomic E-state index is -0.529. The molecule has 0 aliphatic carbocycles. The van der Waals surface area contributed by atoms with Gasteiger partial charge < -0.3 is 14.4 Å². The normalized spacial score (nSPS) is 15.2. The highest BCUT2D eigenvalue weighted by Gasteiger charge is 2.28. The average molecular weight is 404 g/mol. The molecule has 8 heteroatoms. The van der Waals surface area contributed by atoms with Gasteiger partial charge in [-0.25, -0.2) is 14.6 Å². The van der Waals surface area contributed by atoms with E-state index >= 15 is 0 Å². The van der Waals surface area contributed by atoms with Crippen molar-refractivity contribution in [1.82, 2.24) is 9.88 Å². The lowest BCUT2D eigenvalue weighted by Gasteiger charge is -2.33. The topological polar surface area (TPSA) is 80.8 Å². The minimum absolute atomic E-state index is 0.238. The SMILES string of the molecule is CC(C)(C)OC(=O)N1CCC(OC(=O)Nc2ncsc2-c2ccccc2)CC1. The molecule has 1 aliphatic heterocycles. The first-order valence-corrected chi connectivity index (χ1v) is 10.1. The molecular weight excluding hydrogens is 378 g/mol. The van der Waals surface area contributed by atoms with E-state index in [-0.39, 0.29) is 12.2 Å². The summed E-state index contributed by atoms with van der Waals surface area (Å²) >= 11 is 1.46. The van der Waals surface area contributed by atoms with Crippen molar-refractivity contribution >= 4 is 29.3 Å². The third-order valence-corrected chi connectivity index (χ3v) is 5.07. The van der Waals surface area contributed by atoms with Crippen LogP contribution in [0.25, 0.3) is 10.4 Å². The molecule has 0 saturated carbocycles. The smallest absolute Gasteiger partial charge is 0.413 e. The van der Waals surface area contributed by atoms with Gasteiger partial charge in [0.15, 0.2) is 5.82 Å². The summed E-state index contributed by atoms with van der Waals surface area (Å²) in [4.78, 5) is 31.2. The van der Waals surface area contributed by atoms with Gasteiger partial charge in [-0.05, 0) is 26.3 Å². The van der Waals surface area contributed by atoms with Crippen molar-refractivity contribution in [2.24, 2.45) is 0 Å². The van der Waals surface area contributed by atoms with Crippen molar-refractivity contribution in [3.05, 3.63) is 35.8 Å². The molecular formula is C20H25N3O4S. The van der Waals surface area contributed by atoms with Crippen LogP contribution in [0.2, 0.25) is 0 Å². The number of carbonyl (C=O) groups excluding carboxylic acids is 2. The third-order valence-electron chi connectivity index (χ3n) is 4.19. The zero-order valence-corrected chi connectivity index (χ0v) is 17.1. The second kappa shape index (κ2) is 8.60. The Balaban J connectivity index is 1.50. The number of nitrogens with zero attached hydrogens (tertiary/aromatic N) is 2. The molecule has 1 saturated heterocycles. The first-order valence-electron chi connectivity index (χ1n) is 9.26. The lowest BCUT2D eigenvalue weighted by atomic mass is 10.1. The van der Waals surface area contributed by atoms with Gasteiger partial charge in [-0.2, -0.15) is 0 Å². The van der Waals surface area contributed by atoms with Crippen LogP contribution >= 0.6 is 11.3 Å². The molecule has 0 atom stereocenters. The van der Waals surface area contributed by atoms with Gasteiger partial charge >= 0.3 is 12.2 Å². The van der Waals surface area contributed by atoms with Gasteiger partial charge in [-0.3, -0.25) is 5.32 Å². The Morgan fingerprint density at radius 2 is 1.86 bits per heavy atom. The number of anilines is 1. The van der Waals surface area contributed by atoms with Crippen LogP contribution < -0.4 is 5.32 Å². The van der Waals surface area contributed by atoms with Crippen LogP contribution in [0.15, 0.2) is 35.8 Å². The molecule has 1 aliphatic rings. The van der Waals surface area contributed by atoms with Gasteiger partial charge in [0.2, 0.25) is 0 Å². The number of hydrogen-bond acceptors (Lipinski definition) is 6. The van der Waals surface area contributed by atoms with Crippen LogP contribution in [0.3, 0.4) is 0 Å². The Bertz CT molecular complexity index is 808. The molecule has 1 N–H and O–H groups in total. The molecule has 2 aromatic rings. The van der Waals surface area contributed by atoms with E-state index in [9.17, 15) is 9.59 Å². The van der Waals surface area contributed by atoms with Gasteiger partial charge in [-0.15, -0.1) is 11.3 Å². The predicted molar refractivity (Wildman–Crippen MR) is 108 cm³/mol. The second-order valence-electron chi connectivity index (χ2n) is 7.59. The number of likely N-dealkylation sites (tertiary alicyclic amines) is 1. The summed E-state index contributed by atoms with van der Waals surface area (Å²) in [5.74, 6) is 0.493. The molecule has 2 amide bonds. The predicted octanol–water partition coefficient (Wildman–Crippen LogP) is 4.76. The number of benzene rings is 1. The average Bonchev–Trinajstić information content (AvgIpc) is 3.09. The highest BCUT2D eigenvalue weighted by Crippen LogP contribution is 2.31. The summed E-state index contributed by atoms with van der Waals surface area (Å²) in [6, 6.07) is 9.76. The number of carbonyl (C=O) groups is 2. The third kappa shape index (κ3) is 5.45. The van der Waals surface area contributed by atoms with Crippen LogP contribution in [0.5, 0.6) is 0 Å². The second-order valence-corrected chi connectivity index (χ2v) is 8.45. The molecule has 1 aromatic carbocycles. The van der Waals surface area contributed by atoms with Crippen molar-refractivity contribution in [3.8, 4) is 10.4 Å². The van der Waals surface area contributed by atoms with Crippen molar-refractivity contribution in [2.75, 3.05) is 18.4 Å². The largest absolute Gasteiger partial charge is 0.446 e. The Hall–Kier alpha value is -2.61.